The molecule has 0 bridgehead atoms. The van der Waals surface area contributed by atoms with E-state index in [-0.39, 0.29) is 5.56 Å². The second-order valence-electron chi connectivity index (χ2n) is 8.47. The van der Waals surface area contributed by atoms with Gasteiger partial charge in [-0.2, -0.15) is 5.10 Å². The van der Waals surface area contributed by atoms with E-state index < -0.39 is 0 Å². The Kier molecular flexibility index (Phi) is 5.22. The molecule has 0 radical (unpaired) electrons. The van der Waals surface area contributed by atoms with Gasteiger partial charge in [-0.25, -0.2) is 9.25 Å². The highest BCUT2D eigenvalue weighted by atomic mass is 32.2. The summed E-state index contributed by atoms with van der Waals surface area (Å²) in [5, 5.41) is 14.6. The van der Waals surface area contributed by atoms with Crippen LogP contribution >= 0.6 is 11.8 Å². The summed E-state index contributed by atoms with van der Waals surface area (Å²) in [5.74, 6) is 1.23. The molecule has 0 saturated carbocycles. The van der Waals surface area contributed by atoms with Gasteiger partial charge in [-0.1, -0.05) is 53.7 Å². The molecule has 0 atom stereocenters. The number of rotatable bonds is 5. The Morgan fingerprint density at radius 3 is 2.51 bits per heavy atom. The van der Waals surface area contributed by atoms with Gasteiger partial charge >= 0.3 is 0 Å². The van der Waals surface area contributed by atoms with Crippen LogP contribution < -0.4 is 5.56 Å². The van der Waals surface area contributed by atoms with Crippen molar-refractivity contribution in [3.05, 3.63) is 112 Å². The molecule has 0 aliphatic carbocycles. The summed E-state index contributed by atoms with van der Waals surface area (Å²) in [7, 11) is 0. The minimum absolute atomic E-state index is 0.0989. The van der Waals surface area contributed by atoms with Crippen LogP contribution in [0.3, 0.4) is 0 Å². The Hall–Kier alpha value is -4.17. The molecule has 172 valence electrons. The highest BCUT2D eigenvalue weighted by molar-refractivity contribution is 7.98. The number of nitrogens with zero attached hydrogens (tertiary/aromatic N) is 6. The molecule has 3 aromatic heterocycles. The van der Waals surface area contributed by atoms with Gasteiger partial charge in [0.25, 0.3) is 5.56 Å². The van der Waals surface area contributed by atoms with Crippen molar-refractivity contribution < 1.29 is 0 Å². The zero-order chi connectivity index (χ0) is 23.9. The van der Waals surface area contributed by atoms with E-state index in [1.807, 2.05) is 71.6 Å². The van der Waals surface area contributed by atoms with Gasteiger partial charge in [-0.05, 0) is 61.4 Å². The SMILES string of the molecule is Cc1ccc(-n2c(=O)c3ccccc3n3c(SCc4ccc(-n5cccn5)cc4)nnc23)c(C)c1. The summed E-state index contributed by atoms with van der Waals surface area (Å²) in [6.07, 6.45) is 3.69. The van der Waals surface area contributed by atoms with Crippen molar-refractivity contribution in [2.45, 2.75) is 24.8 Å². The molecule has 3 aromatic carbocycles. The molecule has 8 heteroatoms. The Labute approximate surface area is 205 Å². The average molecular weight is 479 g/mol. The molecule has 0 unspecified atom stereocenters. The number of hydrogen-bond acceptors (Lipinski definition) is 5. The van der Waals surface area contributed by atoms with Gasteiger partial charge in [0.2, 0.25) is 5.78 Å². The van der Waals surface area contributed by atoms with Crippen LogP contribution in [0.1, 0.15) is 16.7 Å². The third-order valence-corrected chi connectivity index (χ3v) is 7.06. The lowest BCUT2D eigenvalue weighted by molar-refractivity contribution is 0.880. The highest BCUT2D eigenvalue weighted by Gasteiger charge is 2.19. The lowest BCUT2D eigenvalue weighted by atomic mass is 10.1. The number of benzene rings is 3. The normalized spacial score (nSPS) is 11.5. The number of para-hydroxylation sites is 1. The molecule has 0 aliphatic rings. The van der Waals surface area contributed by atoms with E-state index in [0.29, 0.717) is 11.2 Å². The predicted molar refractivity (Wildman–Crippen MR) is 139 cm³/mol. The summed E-state index contributed by atoms with van der Waals surface area (Å²) in [5.41, 5.74) is 5.85. The minimum Gasteiger partial charge on any atom is -0.268 e. The van der Waals surface area contributed by atoms with E-state index in [2.05, 4.69) is 45.6 Å². The lowest BCUT2D eigenvalue weighted by Crippen LogP contribution is -2.22. The standard InChI is InChI=1S/C27H22N6OS/c1-18-8-13-23(19(2)16-18)32-25(34)22-6-3-4-7-24(22)33-26(32)29-30-27(33)35-17-20-9-11-21(12-10-20)31-15-5-14-28-31/h3-16H,17H2,1-2H3. The quantitative estimate of drug-likeness (QED) is 0.321. The molecule has 0 spiro atoms. The average Bonchev–Trinajstić information content (AvgIpc) is 3.55. The van der Waals surface area contributed by atoms with Gasteiger partial charge in [0.1, 0.15) is 0 Å². The smallest absolute Gasteiger partial charge is 0.267 e. The van der Waals surface area contributed by atoms with Crippen molar-refractivity contribution in [1.29, 1.82) is 0 Å². The van der Waals surface area contributed by atoms with E-state index in [0.717, 1.165) is 44.5 Å². The summed E-state index contributed by atoms with van der Waals surface area (Å²) in [4.78, 5) is 13.6. The van der Waals surface area contributed by atoms with Gasteiger partial charge in [-0.15, -0.1) is 10.2 Å². The largest absolute Gasteiger partial charge is 0.268 e. The van der Waals surface area contributed by atoms with E-state index in [4.69, 9.17) is 0 Å². The second kappa shape index (κ2) is 8.56. The fraction of sp³-hybridized carbons (Fsp3) is 0.111. The molecule has 0 fully saturated rings. The molecule has 7 nitrogen and oxygen atoms in total. The number of hydrogen-bond donors (Lipinski definition) is 0. The Balaban J connectivity index is 1.43. The zero-order valence-electron chi connectivity index (χ0n) is 19.3. The molecule has 35 heavy (non-hydrogen) atoms. The van der Waals surface area contributed by atoms with Crippen molar-refractivity contribution in [1.82, 2.24) is 28.9 Å². The first-order valence-electron chi connectivity index (χ1n) is 11.3. The fourth-order valence-electron chi connectivity index (χ4n) is 4.36. The van der Waals surface area contributed by atoms with Gasteiger partial charge < -0.3 is 0 Å². The number of aryl methyl sites for hydroxylation is 2. The van der Waals surface area contributed by atoms with E-state index >= 15 is 0 Å². The molecule has 0 aliphatic heterocycles. The fourth-order valence-corrected chi connectivity index (χ4v) is 5.26. The van der Waals surface area contributed by atoms with Crippen molar-refractivity contribution in [3.8, 4) is 11.4 Å². The molecule has 3 heterocycles. The first kappa shape index (κ1) is 21.4. The van der Waals surface area contributed by atoms with Crippen LogP contribution in [-0.2, 0) is 5.75 Å². The first-order chi connectivity index (χ1) is 17.1. The topological polar surface area (TPSA) is 70.0 Å². The molecule has 6 aromatic rings. The second-order valence-corrected chi connectivity index (χ2v) is 9.41. The van der Waals surface area contributed by atoms with Gasteiger partial charge in [-0.3, -0.25) is 9.20 Å². The van der Waals surface area contributed by atoms with Crippen molar-refractivity contribution in [2.24, 2.45) is 0 Å². The van der Waals surface area contributed by atoms with Crippen molar-refractivity contribution in [3.63, 3.8) is 0 Å². The van der Waals surface area contributed by atoms with Crippen LogP contribution in [0.4, 0.5) is 0 Å². The van der Waals surface area contributed by atoms with E-state index in [1.165, 1.54) is 0 Å². The van der Waals surface area contributed by atoms with E-state index in [1.54, 1.807) is 22.5 Å². The summed E-state index contributed by atoms with van der Waals surface area (Å²) < 4.78 is 5.49. The molecular weight excluding hydrogens is 456 g/mol. The summed E-state index contributed by atoms with van der Waals surface area (Å²) in [6, 6.07) is 23.9. The number of thioether (sulfide) groups is 1. The molecule has 0 amide bonds. The lowest BCUT2D eigenvalue weighted by Gasteiger charge is -2.13. The van der Waals surface area contributed by atoms with Crippen LogP contribution in [0.15, 0.2) is 95.1 Å². The Bertz CT molecular complexity index is 1730. The maximum Gasteiger partial charge on any atom is 0.267 e. The summed E-state index contributed by atoms with van der Waals surface area (Å²) in [6.45, 7) is 4.06. The van der Waals surface area contributed by atoms with Gasteiger partial charge in [0.05, 0.1) is 22.3 Å². The van der Waals surface area contributed by atoms with Crippen molar-refractivity contribution in [2.75, 3.05) is 0 Å². The molecule has 0 N–H and O–H groups in total. The molecular formula is C27H22N6OS. The molecule has 6 rings (SSSR count). The van der Waals surface area contributed by atoms with Crippen LogP contribution in [0.25, 0.3) is 28.1 Å². The minimum atomic E-state index is -0.0989. The Morgan fingerprint density at radius 1 is 0.914 bits per heavy atom. The van der Waals surface area contributed by atoms with Crippen LogP contribution in [0.2, 0.25) is 0 Å². The van der Waals surface area contributed by atoms with Crippen LogP contribution in [0, 0.1) is 13.8 Å². The van der Waals surface area contributed by atoms with Crippen LogP contribution in [0.5, 0.6) is 0 Å². The Morgan fingerprint density at radius 2 is 1.74 bits per heavy atom. The maximum atomic E-state index is 13.6. The monoisotopic (exact) mass is 478 g/mol. The third-order valence-electron chi connectivity index (χ3n) is 6.06. The third kappa shape index (κ3) is 3.72. The van der Waals surface area contributed by atoms with Gasteiger partial charge in [0.15, 0.2) is 5.16 Å². The highest BCUT2D eigenvalue weighted by Crippen LogP contribution is 2.27. The zero-order valence-corrected chi connectivity index (χ0v) is 20.1. The number of fused-ring (bicyclic) bond motifs is 3. The predicted octanol–water partition coefficient (Wildman–Crippen LogP) is 5.13. The maximum absolute atomic E-state index is 13.6. The molecule has 0 saturated heterocycles. The van der Waals surface area contributed by atoms with Crippen LogP contribution in [-0.4, -0.2) is 28.9 Å². The van der Waals surface area contributed by atoms with Gasteiger partial charge in [0, 0.05) is 18.1 Å². The summed E-state index contributed by atoms with van der Waals surface area (Å²) >= 11 is 1.60. The first-order valence-corrected chi connectivity index (χ1v) is 12.3. The van der Waals surface area contributed by atoms with E-state index in [9.17, 15) is 4.79 Å². The number of aromatic nitrogens is 6. The van der Waals surface area contributed by atoms with Crippen molar-refractivity contribution >= 4 is 28.4 Å².